The third-order valence-electron chi connectivity index (χ3n) is 3.62. The van der Waals surface area contributed by atoms with Crippen molar-refractivity contribution in [2.45, 2.75) is 19.6 Å². The maximum absolute atomic E-state index is 14.3. The molecule has 124 valence electrons. The molecular weight excluding hydrogens is 326 g/mol. The van der Waals surface area contributed by atoms with Crippen LogP contribution in [-0.2, 0) is 12.7 Å². The molecule has 0 fully saturated rings. The standard InChI is InChI=1S/C16H11F4N3O/c1-2-23-4-3-9-5-11(12(17)6-10(9)15(23)24)13-7-22-14(8-21-13)16(18,19)20/h3-8H,2H2,1H3. The molecule has 0 aliphatic heterocycles. The largest absolute Gasteiger partial charge is 0.434 e. The van der Waals surface area contributed by atoms with Gasteiger partial charge in [0.15, 0.2) is 5.69 Å². The summed E-state index contributed by atoms with van der Waals surface area (Å²) in [5.74, 6) is -0.748. The molecule has 0 atom stereocenters. The molecule has 0 aliphatic carbocycles. The van der Waals surface area contributed by atoms with E-state index in [0.717, 1.165) is 12.3 Å². The van der Waals surface area contributed by atoms with Gasteiger partial charge in [0.2, 0.25) is 0 Å². The normalized spacial score (nSPS) is 11.9. The smallest absolute Gasteiger partial charge is 0.315 e. The average Bonchev–Trinajstić information content (AvgIpc) is 2.55. The number of nitrogens with zero attached hydrogens (tertiary/aromatic N) is 3. The molecule has 0 saturated carbocycles. The number of aromatic nitrogens is 3. The number of fused-ring (bicyclic) bond motifs is 1. The summed E-state index contributed by atoms with van der Waals surface area (Å²) in [7, 11) is 0. The molecule has 2 heterocycles. The van der Waals surface area contributed by atoms with Crippen molar-refractivity contribution < 1.29 is 17.6 Å². The van der Waals surface area contributed by atoms with Crippen LogP contribution in [-0.4, -0.2) is 14.5 Å². The lowest BCUT2D eigenvalue weighted by Crippen LogP contribution is -2.18. The minimum absolute atomic E-state index is 0.0163. The van der Waals surface area contributed by atoms with Gasteiger partial charge in [0, 0.05) is 18.3 Å². The Morgan fingerprint density at radius 3 is 2.50 bits per heavy atom. The Labute approximate surface area is 133 Å². The highest BCUT2D eigenvalue weighted by molar-refractivity contribution is 5.86. The van der Waals surface area contributed by atoms with Gasteiger partial charge in [-0.2, -0.15) is 13.2 Å². The number of hydrogen-bond donors (Lipinski definition) is 0. The molecule has 0 unspecified atom stereocenters. The number of alkyl halides is 3. The second kappa shape index (κ2) is 5.70. The number of hydrogen-bond acceptors (Lipinski definition) is 3. The number of halogens is 4. The van der Waals surface area contributed by atoms with Crippen molar-refractivity contribution in [1.82, 2.24) is 14.5 Å². The van der Waals surface area contributed by atoms with Crippen LogP contribution in [0.5, 0.6) is 0 Å². The van der Waals surface area contributed by atoms with Gasteiger partial charge in [-0.3, -0.25) is 9.78 Å². The SMILES string of the molecule is CCn1ccc2cc(-c3cnc(C(F)(F)F)cn3)c(F)cc2c1=O. The lowest BCUT2D eigenvalue weighted by atomic mass is 10.1. The van der Waals surface area contributed by atoms with E-state index in [0.29, 0.717) is 18.1 Å². The van der Waals surface area contributed by atoms with E-state index in [2.05, 4.69) is 9.97 Å². The van der Waals surface area contributed by atoms with Crippen LogP contribution in [0.4, 0.5) is 17.6 Å². The van der Waals surface area contributed by atoms with Crippen LogP contribution in [0.2, 0.25) is 0 Å². The van der Waals surface area contributed by atoms with Crippen molar-refractivity contribution in [2.24, 2.45) is 0 Å². The number of pyridine rings is 1. The van der Waals surface area contributed by atoms with Crippen LogP contribution in [0.1, 0.15) is 12.6 Å². The van der Waals surface area contributed by atoms with Gasteiger partial charge in [-0.1, -0.05) is 0 Å². The Morgan fingerprint density at radius 1 is 1.17 bits per heavy atom. The molecule has 0 saturated heterocycles. The van der Waals surface area contributed by atoms with E-state index in [-0.39, 0.29) is 22.2 Å². The van der Waals surface area contributed by atoms with E-state index in [1.54, 1.807) is 19.2 Å². The van der Waals surface area contributed by atoms with Gasteiger partial charge in [-0.05, 0) is 30.5 Å². The molecule has 4 nitrogen and oxygen atoms in total. The Morgan fingerprint density at radius 2 is 1.92 bits per heavy atom. The summed E-state index contributed by atoms with van der Waals surface area (Å²) >= 11 is 0. The second-order valence-corrected chi connectivity index (χ2v) is 5.11. The second-order valence-electron chi connectivity index (χ2n) is 5.11. The Hall–Kier alpha value is -2.77. The first-order valence-corrected chi connectivity index (χ1v) is 7.03. The summed E-state index contributed by atoms with van der Waals surface area (Å²) in [5, 5.41) is 0.670. The fourth-order valence-corrected chi connectivity index (χ4v) is 2.36. The third kappa shape index (κ3) is 2.75. The molecule has 0 aliphatic rings. The fourth-order valence-electron chi connectivity index (χ4n) is 2.36. The zero-order valence-corrected chi connectivity index (χ0v) is 12.4. The van der Waals surface area contributed by atoms with E-state index < -0.39 is 17.7 Å². The maximum atomic E-state index is 14.3. The van der Waals surface area contributed by atoms with Crippen LogP contribution in [0.15, 0.2) is 41.6 Å². The van der Waals surface area contributed by atoms with Crippen molar-refractivity contribution in [1.29, 1.82) is 0 Å². The van der Waals surface area contributed by atoms with Crippen LogP contribution < -0.4 is 5.56 Å². The first-order valence-electron chi connectivity index (χ1n) is 7.03. The van der Waals surface area contributed by atoms with Gasteiger partial charge >= 0.3 is 6.18 Å². The van der Waals surface area contributed by atoms with Crippen LogP contribution in [0, 0.1) is 5.82 Å². The van der Waals surface area contributed by atoms with Gasteiger partial charge in [0.1, 0.15) is 5.82 Å². The van der Waals surface area contributed by atoms with Gasteiger partial charge < -0.3 is 4.57 Å². The predicted molar refractivity (Wildman–Crippen MR) is 79.9 cm³/mol. The van der Waals surface area contributed by atoms with E-state index in [9.17, 15) is 22.4 Å². The Bertz CT molecular complexity index is 962. The monoisotopic (exact) mass is 337 g/mol. The predicted octanol–water partition coefficient (Wildman–Crippen LogP) is 3.64. The first-order chi connectivity index (χ1) is 11.3. The summed E-state index contributed by atoms with van der Waals surface area (Å²) < 4.78 is 53.3. The summed E-state index contributed by atoms with van der Waals surface area (Å²) in [5.41, 5.74) is -1.54. The molecule has 3 rings (SSSR count). The van der Waals surface area contributed by atoms with Crippen LogP contribution in [0.3, 0.4) is 0 Å². The number of rotatable bonds is 2. The molecule has 0 spiro atoms. The average molecular weight is 337 g/mol. The summed E-state index contributed by atoms with van der Waals surface area (Å²) in [4.78, 5) is 19.1. The molecular formula is C16H11F4N3O. The van der Waals surface area contributed by atoms with E-state index >= 15 is 0 Å². The molecule has 1 aromatic carbocycles. The lowest BCUT2D eigenvalue weighted by Gasteiger charge is -2.09. The molecule has 3 aromatic rings. The topological polar surface area (TPSA) is 47.8 Å². The summed E-state index contributed by atoms with van der Waals surface area (Å²) in [6, 6.07) is 4.09. The molecule has 0 bridgehead atoms. The summed E-state index contributed by atoms with van der Waals surface area (Å²) in [6.07, 6.45) is -1.63. The molecule has 0 amide bonds. The fraction of sp³-hybridized carbons (Fsp3) is 0.188. The van der Waals surface area contributed by atoms with Gasteiger partial charge in [-0.15, -0.1) is 0 Å². The zero-order valence-electron chi connectivity index (χ0n) is 12.4. The molecule has 0 radical (unpaired) electrons. The number of benzene rings is 1. The van der Waals surface area contributed by atoms with E-state index in [1.807, 2.05) is 0 Å². The van der Waals surface area contributed by atoms with E-state index in [1.165, 1.54) is 10.6 Å². The molecule has 24 heavy (non-hydrogen) atoms. The van der Waals surface area contributed by atoms with Gasteiger partial charge in [0.05, 0.1) is 23.5 Å². The minimum atomic E-state index is -4.61. The molecule has 2 aromatic heterocycles. The van der Waals surface area contributed by atoms with Crippen molar-refractivity contribution >= 4 is 10.8 Å². The van der Waals surface area contributed by atoms with Gasteiger partial charge in [0.25, 0.3) is 5.56 Å². The van der Waals surface area contributed by atoms with Crippen molar-refractivity contribution in [3.8, 4) is 11.3 Å². The van der Waals surface area contributed by atoms with Crippen molar-refractivity contribution in [2.75, 3.05) is 0 Å². The first kappa shape index (κ1) is 16.1. The molecule has 8 heteroatoms. The third-order valence-corrected chi connectivity index (χ3v) is 3.62. The zero-order chi connectivity index (χ0) is 17.5. The highest BCUT2D eigenvalue weighted by Crippen LogP contribution is 2.29. The van der Waals surface area contributed by atoms with Crippen LogP contribution in [0.25, 0.3) is 22.0 Å². The van der Waals surface area contributed by atoms with E-state index in [4.69, 9.17) is 0 Å². The van der Waals surface area contributed by atoms with Crippen LogP contribution >= 0.6 is 0 Å². The quantitative estimate of drug-likeness (QED) is 0.671. The lowest BCUT2D eigenvalue weighted by molar-refractivity contribution is -0.141. The Kier molecular flexibility index (Phi) is 3.82. The minimum Gasteiger partial charge on any atom is -0.315 e. The van der Waals surface area contributed by atoms with Gasteiger partial charge in [-0.25, -0.2) is 9.37 Å². The van der Waals surface area contributed by atoms with Crippen molar-refractivity contribution in [3.63, 3.8) is 0 Å². The number of aryl methyl sites for hydroxylation is 1. The Balaban J connectivity index is 2.13. The maximum Gasteiger partial charge on any atom is 0.434 e. The highest BCUT2D eigenvalue weighted by atomic mass is 19.4. The summed E-state index contributed by atoms with van der Waals surface area (Å²) in [6.45, 7) is 2.23. The molecule has 0 N–H and O–H groups in total. The highest BCUT2D eigenvalue weighted by Gasteiger charge is 2.32. The van der Waals surface area contributed by atoms with Crippen molar-refractivity contribution in [3.05, 3.63) is 58.7 Å².